The van der Waals surface area contributed by atoms with Crippen molar-refractivity contribution in [2.45, 2.75) is 58.3 Å². The third-order valence-corrected chi connectivity index (χ3v) is 2.68. The van der Waals surface area contributed by atoms with E-state index in [2.05, 4.69) is 17.6 Å². The fourth-order valence-electron chi connectivity index (χ4n) is 1.65. The lowest BCUT2D eigenvalue weighted by molar-refractivity contribution is -0.121. The van der Waals surface area contributed by atoms with Crippen molar-refractivity contribution in [3.63, 3.8) is 0 Å². The first-order chi connectivity index (χ1) is 7.81. The van der Waals surface area contributed by atoms with Crippen LogP contribution < -0.4 is 10.6 Å². The van der Waals surface area contributed by atoms with Gasteiger partial charge in [0.05, 0.1) is 0 Å². The number of carbonyl (C=O) groups is 1. The highest BCUT2D eigenvalue weighted by molar-refractivity contribution is 5.75. The zero-order valence-electron chi connectivity index (χ0n) is 11.0. The minimum Gasteiger partial charge on any atom is -0.356 e. The van der Waals surface area contributed by atoms with E-state index in [1.165, 1.54) is 32.1 Å². The fourth-order valence-corrected chi connectivity index (χ4v) is 1.65. The molecule has 0 bridgehead atoms. The van der Waals surface area contributed by atoms with E-state index in [-0.39, 0.29) is 5.91 Å². The Labute approximate surface area is 100 Å². The maximum absolute atomic E-state index is 11.3. The Morgan fingerprint density at radius 3 is 2.31 bits per heavy atom. The Kier molecular flexibility index (Phi) is 12.1. The standard InChI is InChI=1S/C13H28N2O/c1-3-4-5-6-7-8-12-15-13(16)10-9-11-14-2/h14H,3-12H2,1-2H3,(H,15,16). The monoisotopic (exact) mass is 228 g/mol. The Hall–Kier alpha value is -0.570. The number of amides is 1. The third-order valence-electron chi connectivity index (χ3n) is 2.68. The topological polar surface area (TPSA) is 41.1 Å². The molecular weight excluding hydrogens is 200 g/mol. The number of hydrogen-bond donors (Lipinski definition) is 2. The molecule has 0 unspecified atom stereocenters. The lowest BCUT2D eigenvalue weighted by atomic mass is 10.1. The van der Waals surface area contributed by atoms with Crippen LogP contribution in [0.2, 0.25) is 0 Å². The molecule has 0 spiro atoms. The number of hydrogen-bond acceptors (Lipinski definition) is 2. The molecule has 0 radical (unpaired) electrons. The molecule has 0 saturated heterocycles. The summed E-state index contributed by atoms with van der Waals surface area (Å²) < 4.78 is 0. The Bertz CT molecular complexity index is 160. The molecule has 0 aliphatic carbocycles. The van der Waals surface area contributed by atoms with Gasteiger partial charge in [0, 0.05) is 13.0 Å². The van der Waals surface area contributed by atoms with Crippen LogP contribution in [0.25, 0.3) is 0 Å². The highest BCUT2D eigenvalue weighted by Gasteiger charge is 1.99. The maximum Gasteiger partial charge on any atom is 0.220 e. The molecule has 0 fully saturated rings. The van der Waals surface area contributed by atoms with Gasteiger partial charge in [-0.15, -0.1) is 0 Å². The first-order valence-electron chi connectivity index (χ1n) is 6.72. The fraction of sp³-hybridized carbons (Fsp3) is 0.923. The summed E-state index contributed by atoms with van der Waals surface area (Å²) in [4.78, 5) is 11.3. The zero-order valence-corrected chi connectivity index (χ0v) is 11.0. The van der Waals surface area contributed by atoms with Crippen molar-refractivity contribution in [3.05, 3.63) is 0 Å². The van der Waals surface area contributed by atoms with Gasteiger partial charge >= 0.3 is 0 Å². The van der Waals surface area contributed by atoms with E-state index in [4.69, 9.17) is 0 Å². The van der Waals surface area contributed by atoms with Crippen molar-refractivity contribution >= 4 is 5.91 Å². The minimum atomic E-state index is 0.198. The van der Waals surface area contributed by atoms with Crippen molar-refractivity contribution in [2.24, 2.45) is 0 Å². The molecule has 0 rings (SSSR count). The molecule has 96 valence electrons. The molecule has 2 N–H and O–H groups in total. The Morgan fingerprint density at radius 2 is 1.62 bits per heavy atom. The van der Waals surface area contributed by atoms with Gasteiger partial charge in [0.2, 0.25) is 5.91 Å². The largest absolute Gasteiger partial charge is 0.356 e. The van der Waals surface area contributed by atoms with E-state index in [9.17, 15) is 4.79 Å². The van der Waals surface area contributed by atoms with Crippen molar-refractivity contribution in [1.29, 1.82) is 0 Å². The number of carbonyl (C=O) groups excluding carboxylic acids is 1. The van der Waals surface area contributed by atoms with E-state index in [0.717, 1.165) is 25.9 Å². The molecule has 16 heavy (non-hydrogen) atoms. The van der Waals surface area contributed by atoms with Gasteiger partial charge in [-0.1, -0.05) is 39.0 Å². The minimum absolute atomic E-state index is 0.198. The predicted octanol–water partition coefficient (Wildman–Crippen LogP) is 2.46. The number of unbranched alkanes of at least 4 members (excludes halogenated alkanes) is 5. The average molecular weight is 228 g/mol. The molecule has 0 aliphatic rings. The van der Waals surface area contributed by atoms with Crippen LogP contribution in [-0.4, -0.2) is 26.0 Å². The van der Waals surface area contributed by atoms with E-state index in [1.54, 1.807) is 0 Å². The zero-order chi connectivity index (χ0) is 12.1. The second-order valence-electron chi connectivity index (χ2n) is 4.32. The van der Waals surface area contributed by atoms with Gasteiger partial charge in [0.25, 0.3) is 0 Å². The third kappa shape index (κ3) is 11.5. The van der Waals surface area contributed by atoms with Gasteiger partial charge in [-0.05, 0) is 26.4 Å². The quantitative estimate of drug-likeness (QED) is 0.533. The molecule has 0 aromatic heterocycles. The second kappa shape index (κ2) is 12.5. The second-order valence-corrected chi connectivity index (χ2v) is 4.32. The van der Waals surface area contributed by atoms with Gasteiger partial charge in [-0.3, -0.25) is 4.79 Å². The lowest BCUT2D eigenvalue weighted by Gasteiger charge is -2.05. The number of nitrogens with one attached hydrogen (secondary N) is 2. The number of rotatable bonds is 11. The summed E-state index contributed by atoms with van der Waals surface area (Å²) in [5, 5.41) is 6.00. The highest BCUT2D eigenvalue weighted by Crippen LogP contribution is 2.04. The smallest absolute Gasteiger partial charge is 0.220 e. The normalized spacial score (nSPS) is 10.4. The predicted molar refractivity (Wildman–Crippen MR) is 69.5 cm³/mol. The lowest BCUT2D eigenvalue weighted by Crippen LogP contribution is -2.25. The van der Waals surface area contributed by atoms with Crippen LogP contribution in [0.4, 0.5) is 0 Å². The van der Waals surface area contributed by atoms with E-state index >= 15 is 0 Å². The molecule has 0 aromatic rings. The van der Waals surface area contributed by atoms with Crippen molar-refractivity contribution in [2.75, 3.05) is 20.1 Å². The summed E-state index contributed by atoms with van der Waals surface area (Å²) in [6.45, 7) is 4.00. The molecule has 0 atom stereocenters. The van der Waals surface area contributed by atoms with Gasteiger partial charge in [0.1, 0.15) is 0 Å². The van der Waals surface area contributed by atoms with E-state index < -0.39 is 0 Å². The molecule has 0 aromatic carbocycles. The summed E-state index contributed by atoms with van der Waals surface area (Å²) >= 11 is 0. The van der Waals surface area contributed by atoms with Gasteiger partial charge < -0.3 is 10.6 Å². The van der Waals surface area contributed by atoms with Crippen LogP contribution in [0.3, 0.4) is 0 Å². The van der Waals surface area contributed by atoms with Crippen LogP contribution >= 0.6 is 0 Å². The Morgan fingerprint density at radius 1 is 0.938 bits per heavy atom. The molecular formula is C13H28N2O. The van der Waals surface area contributed by atoms with Gasteiger partial charge in [0.15, 0.2) is 0 Å². The van der Waals surface area contributed by atoms with Crippen LogP contribution in [-0.2, 0) is 4.79 Å². The highest BCUT2D eigenvalue weighted by atomic mass is 16.1. The Balaban J connectivity index is 3.09. The summed E-state index contributed by atoms with van der Waals surface area (Å²) in [6, 6.07) is 0. The SMILES string of the molecule is CCCCCCCCNC(=O)CCCNC. The van der Waals surface area contributed by atoms with Crippen LogP contribution in [0.1, 0.15) is 58.3 Å². The van der Waals surface area contributed by atoms with Gasteiger partial charge in [-0.2, -0.15) is 0 Å². The van der Waals surface area contributed by atoms with Crippen LogP contribution in [0.15, 0.2) is 0 Å². The first kappa shape index (κ1) is 15.4. The van der Waals surface area contributed by atoms with Crippen molar-refractivity contribution in [3.8, 4) is 0 Å². The van der Waals surface area contributed by atoms with Crippen molar-refractivity contribution < 1.29 is 4.79 Å². The van der Waals surface area contributed by atoms with E-state index in [0.29, 0.717) is 6.42 Å². The summed E-state index contributed by atoms with van der Waals surface area (Å²) in [5.74, 6) is 0.198. The van der Waals surface area contributed by atoms with Crippen molar-refractivity contribution in [1.82, 2.24) is 10.6 Å². The first-order valence-corrected chi connectivity index (χ1v) is 6.72. The maximum atomic E-state index is 11.3. The summed E-state index contributed by atoms with van der Waals surface area (Å²) in [7, 11) is 1.91. The average Bonchev–Trinajstić information content (AvgIpc) is 2.28. The molecule has 0 saturated carbocycles. The van der Waals surface area contributed by atoms with Crippen LogP contribution in [0, 0.1) is 0 Å². The molecule has 0 heterocycles. The summed E-state index contributed by atoms with van der Waals surface area (Å²) in [5.41, 5.74) is 0. The summed E-state index contributed by atoms with van der Waals surface area (Å²) in [6.07, 6.45) is 9.24. The molecule has 1 amide bonds. The molecule has 0 aliphatic heterocycles. The van der Waals surface area contributed by atoms with E-state index in [1.807, 2.05) is 7.05 Å². The molecule has 3 nitrogen and oxygen atoms in total. The molecule has 3 heteroatoms. The van der Waals surface area contributed by atoms with Gasteiger partial charge in [-0.25, -0.2) is 0 Å². The van der Waals surface area contributed by atoms with Crippen LogP contribution in [0.5, 0.6) is 0 Å².